The molecule has 1 fully saturated rings. The molecule has 0 bridgehead atoms. The Kier molecular flexibility index (Phi) is 10.9. The molecule has 3 heterocycles. The number of aromatic nitrogens is 2. The normalized spacial score (nSPS) is 16.5. The minimum atomic E-state index is -0.725. The minimum Gasteiger partial charge on any atom is -0.351 e. The number of hydrogen-bond acceptors (Lipinski definition) is 5. The van der Waals surface area contributed by atoms with Crippen LogP contribution in [-0.2, 0) is 11.2 Å². The lowest BCUT2D eigenvalue weighted by Crippen LogP contribution is -2.19. The molecule has 0 saturated heterocycles. The number of amides is 2. The predicted molar refractivity (Wildman–Crippen MR) is 199 cm³/mol. The molecule has 0 atom stereocenters. The summed E-state index contributed by atoms with van der Waals surface area (Å²) < 4.78 is 15.7. The van der Waals surface area contributed by atoms with Gasteiger partial charge in [-0.05, 0) is 110 Å². The van der Waals surface area contributed by atoms with Crippen molar-refractivity contribution in [2.75, 3.05) is 5.32 Å². The van der Waals surface area contributed by atoms with Crippen molar-refractivity contribution in [3.8, 4) is 10.6 Å². The van der Waals surface area contributed by atoms with Gasteiger partial charge in [0, 0.05) is 38.8 Å². The second kappa shape index (κ2) is 15.6. The average Bonchev–Trinajstić information content (AvgIpc) is 3.86. The number of carbonyl (C=O) groups excluding carboxylic acids is 2. The summed E-state index contributed by atoms with van der Waals surface area (Å²) >= 11 is 1.64. The van der Waals surface area contributed by atoms with E-state index in [0.29, 0.717) is 23.0 Å². The van der Waals surface area contributed by atoms with Crippen LogP contribution in [0.4, 0.5) is 14.9 Å². The third-order valence-corrected chi connectivity index (χ3v) is 10.4. The molecule has 48 heavy (non-hydrogen) atoms. The molecule has 3 aliphatic rings. The Hall–Kier alpha value is -4.43. The van der Waals surface area contributed by atoms with Gasteiger partial charge in [-0.1, -0.05) is 56.4 Å². The maximum Gasteiger partial charge on any atom is 0.316 e. The van der Waals surface area contributed by atoms with Crippen LogP contribution in [0.1, 0.15) is 90.7 Å². The van der Waals surface area contributed by atoms with Gasteiger partial charge in [0.2, 0.25) is 0 Å². The molecule has 8 heteroatoms. The van der Waals surface area contributed by atoms with Gasteiger partial charge in [0.15, 0.2) is 5.78 Å². The zero-order valence-corrected chi connectivity index (χ0v) is 28.3. The molecule has 1 radical (unpaired) electrons. The zero-order chi connectivity index (χ0) is 33.5. The summed E-state index contributed by atoms with van der Waals surface area (Å²) in [5.41, 5.74) is 13.2. The molecule has 0 aliphatic heterocycles. The largest absolute Gasteiger partial charge is 0.351 e. The van der Waals surface area contributed by atoms with E-state index in [1.165, 1.54) is 42.9 Å². The van der Waals surface area contributed by atoms with Crippen molar-refractivity contribution in [2.45, 2.75) is 77.6 Å². The number of pyridine rings is 2. The molecule has 4 aromatic rings. The zero-order valence-electron chi connectivity index (χ0n) is 27.4. The molecule has 2 amide bonds. The smallest absolute Gasteiger partial charge is 0.316 e. The lowest BCUT2D eigenvalue weighted by atomic mass is 9.93. The number of aryl methyl sites for hydroxylation is 1. The van der Waals surface area contributed by atoms with Crippen LogP contribution in [0.2, 0.25) is 0 Å². The molecule has 3 aliphatic carbocycles. The number of nitrogens with one attached hydrogen (secondary N) is 1. The number of halogens is 1. The van der Waals surface area contributed by atoms with Gasteiger partial charge in [-0.3, -0.25) is 14.8 Å². The van der Waals surface area contributed by atoms with Crippen LogP contribution in [-0.4, -0.2) is 21.8 Å². The maximum absolute atomic E-state index is 14.6. The van der Waals surface area contributed by atoms with Crippen LogP contribution in [0.25, 0.3) is 31.9 Å². The Labute approximate surface area is 289 Å². The molecule has 3 aromatic heterocycles. The molecule has 1 aromatic carbocycles. The predicted octanol–water partition coefficient (Wildman–Crippen LogP) is 10.8. The number of ketones is 1. The van der Waals surface area contributed by atoms with E-state index in [1.807, 2.05) is 36.9 Å². The number of primary amides is 1. The Morgan fingerprint density at radius 1 is 0.979 bits per heavy atom. The van der Waals surface area contributed by atoms with E-state index in [-0.39, 0.29) is 2.85 Å². The SMILES string of the molecule is CCc1ccc(-c2cc3nccc(C4=C(c5ccc(NC(N)=O)cc5F)[CH]4)c3s2)nc1.O=C(C=C1CCC=CCC1)C1CCCCCC1.[HH].[HH]. The highest BCUT2D eigenvalue weighted by Crippen LogP contribution is 2.50. The second-order valence-electron chi connectivity index (χ2n) is 12.7. The lowest BCUT2D eigenvalue weighted by molar-refractivity contribution is -0.118. The fourth-order valence-electron chi connectivity index (χ4n) is 6.49. The number of nitrogens with zero attached hydrogens (tertiary/aromatic N) is 2. The van der Waals surface area contributed by atoms with Crippen LogP contribution in [0, 0.1) is 18.2 Å². The summed E-state index contributed by atoms with van der Waals surface area (Å²) in [6, 6.07) is 12.0. The lowest BCUT2D eigenvalue weighted by Gasteiger charge is -2.11. The third-order valence-electron chi connectivity index (χ3n) is 9.24. The number of urea groups is 1. The second-order valence-corrected chi connectivity index (χ2v) is 13.7. The highest BCUT2D eigenvalue weighted by atomic mass is 32.1. The number of anilines is 1. The number of thiophene rings is 1. The number of allylic oxidation sites excluding steroid dienone is 6. The van der Waals surface area contributed by atoms with Gasteiger partial charge in [-0.2, -0.15) is 0 Å². The van der Waals surface area contributed by atoms with Crippen molar-refractivity contribution in [1.82, 2.24) is 9.97 Å². The molecule has 0 unspecified atom stereocenters. The molecule has 0 spiro atoms. The number of benzene rings is 1. The molecule has 6 nitrogen and oxygen atoms in total. The molecule has 1 saturated carbocycles. The van der Waals surface area contributed by atoms with Gasteiger partial charge in [0.1, 0.15) is 5.82 Å². The standard InChI is InChI=1S/C24H18FN4OS.C16H24O.2H2/c1-2-13-3-6-20(28-12-13)22-11-21-23(31-22)16(7-8-27-21)18-10-17(18)15-5-4-14(9-19(15)25)29-24(26)30;17-16(15-11-7-3-4-8-12-15)13-14-9-5-1-2-6-10-14;;/h3-12H,2H2,1H3,(H3,26,29,30);1-2,13,15H,3-12H2;2*1H. The monoisotopic (exact) mass is 665 g/mol. The van der Waals surface area contributed by atoms with Gasteiger partial charge in [0.25, 0.3) is 0 Å². The van der Waals surface area contributed by atoms with Crippen LogP contribution >= 0.6 is 11.3 Å². The quantitative estimate of drug-likeness (QED) is 0.117. The van der Waals surface area contributed by atoms with E-state index in [9.17, 15) is 14.0 Å². The van der Waals surface area contributed by atoms with Crippen molar-refractivity contribution in [2.24, 2.45) is 11.7 Å². The van der Waals surface area contributed by atoms with Gasteiger partial charge in [-0.25, -0.2) is 9.18 Å². The van der Waals surface area contributed by atoms with Gasteiger partial charge < -0.3 is 11.1 Å². The highest BCUT2D eigenvalue weighted by Gasteiger charge is 2.29. The van der Waals surface area contributed by atoms with E-state index in [2.05, 4.69) is 40.4 Å². The Morgan fingerprint density at radius 3 is 2.40 bits per heavy atom. The highest BCUT2D eigenvalue weighted by molar-refractivity contribution is 7.22. The van der Waals surface area contributed by atoms with Crippen LogP contribution in [0.5, 0.6) is 0 Å². The molecule has 3 N–H and O–H groups in total. The first kappa shape index (κ1) is 33.5. The molecule has 251 valence electrons. The molecular weight excluding hydrogens is 620 g/mol. The molecular formula is C40H46FN4O2S. The number of fused-ring (bicyclic) bond motifs is 1. The average molecular weight is 666 g/mol. The van der Waals surface area contributed by atoms with Crippen molar-refractivity contribution >= 4 is 50.2 Å². The van der Waals surface area contributed by atoms with Gasteiger partial charge >= 0.3 is 6.03 Å². The van der Waals surface area contributed by atoms with Crippen molar-refractivity contribution in [3.63, 3.8) is 0 Å². The van der Waals surface area contributed by atoms with Crippen molar-refractivity contribution in [3.05, 3.63) is 108 Å². The van der Waals surface area contributed by atoms with Gasteiger partial charge in [-0.15, -0.1) is 11.3 Å². The third kappa shape index (κ3) is 8.34. The van der Waals surface area contributed by atoms with Crippen molar-refractivity contribution in [1.29, 1.82) is 0 Å². The summed E-state index contributed by atoms with van der Waals surface area (Å²) in [6.07, 6.45) is 24.9. The maximum atomic E-state index is 14.6. The van der Waals surface area contributed by atoms with Crippen LogP contribution in [0.3, 0.4) is 0 Å². The van der Waals surface area contributed by atoms with E-state index in [4.69, 9.17) is 5.73 Å². The van der Waals surface area contributed by atoms with Crippen LogP contribution < -0.4 is 11.1 Å². The summed E-state index contributed by atoms with van der Waals surface area (Å²) in [5.74, 6) is 0.342. The van der Waals surface area contributed by atoms with E-state index in [0.717, 1.165) is 82.4 Å². The number of carbonyl (C=O) groups is 2. The van der Waals surface area contributed by atoms with E-state index < -0.39 is 11.8 Å². The summed E-state index contributed by atoms with van der Waals surface area (Å²) in [6.45, 7) is 2.11. The first-order valence-electron chi connectivity index (χ1n) is 17.1. The Morgan fingerprint density at radius 2 is 1.73 bits per heavy atom. The molecule has 7 rings (SSSR count). The van der Waals surface area contributed by atoms with Crippen molar-refractivity contribution < 1.29 is 16.8 Å². The number of nitrogens with two attached hydrogens (primary N) is 1. The first-order chi connectivity index (χ1) is 23.4. The Balaban J connectivity index is 0.000000253. The fraction of sp³-hybridized carbons (Fsp3) is 0.325. The number of rotatable bonds is 7. The Bertz CT molecular complexity index is 1880. The van der Waals surface area contributed by atoms with Gasteiger partial charge in [0.05, 0.1) is 20.8 Å². The topological polar surface area (TPSA) is 98.0 Å². The number of hydrogen-bond donors (Lipinski definition) is 2. The summed E-state index contributed by atoms with van der Waals surface area (Å²) in [7, 11) is 0. The van der Waals surface area contributed by atoms with Crippen LogP contribution in [0.15, 0.2) is 78.7 Å². The fourth-order valence-corrected chi connectivity index (χ4v) is 7.61. The first-order valence-corrected chi connectivity index (χ1v) is 17.9. The summed E-state index contributed by atoms with van der Waals surface area (Å²) in [5, 5.41) is 2.38. The van der Waals surface area contributed by atoms with E-state index >= 15 is 0 Å². The summed E-state index contributed by atoms with van der Waals surface area (Å²) in [4.78, 5) is 33.3. The van der Waals surface area contributed by atoms with E-state index in [1.54, 1.807) is 29.7 Å². The minimum absolute atomic E-state index is 0.